The van der Waals surface area contributed by atoms with Crippen molar-refractivity contribution in [3.8, 4) is 11.5 Å². The van der Waals surface area contributed by atoms with Crippen molar-refractivity contribution < 1.29 is 19.7 Å². The van der Waals surface area contributed by atoms with E-state index in [1.54, 1.807) is 32.4 Å². The quantitative estimate of drug-likeness (QED) is 0.890. The van der Waals surface area contributed by atoms with Crippen LogP contribution in [-0.2, 0) is 0 Å². The summed E-state index contributed by atoms with van der Waals surface area (Å²) < 4.78 is 10.5. The van der Waals surface area contributed by atoms with Crippen molar-refractivity contribution in [2.45, 2.75) is 44.3 Å². The molecule has 0 aliphatic heterocycles. The maximum absolute atomic E-state index is 10.7. The second-order valence-corrected chi connectivity index (χ2v) is 5.80. The Balaban J connectivity index is 2.26. The van der Waals surface area contributed by atoms with Gasteiger partial charge in [-0.15, -0.1) is 0 Å². The molecule has 0 bridgehead atoms. The molecule has 4 heteroatoms. The fourth-order valence-corrected chi connectivity index (χ4v) is 2.87. The molecule has 1 aromatic rings. The lowest BCUT2D eigenvalue weighted by atomic mass is 9.75. The zero-order valence-electron chi connectivity index (χ0n) is 12.4. The number of methoxy groups -OCH3 is 2. The summed E-state index contributed by atoms with van der Waals surface area (Å²) in [4.78, 5) is 0. The van der Waals surface area contributed by atoms with Gasteiger partial charge in [-0.25, -0.2) is 0 Å². The van der Waals surface area contributed by atoms with Crippen LogP contribution in [0.4, 0.5) is 0 Å². The van der Waals surface area contributed by atoms with E-state index < -0.39 is 11.7 Å². The van der Waals surface area contributed by atoms with Gasteiger partial charge in [-0.1, -0.05) is 6.92 Å². The van der Waals surface area contributed by atoms with E-state index >= 15 is 0 Å². The van der Waals surface area contributed by atoms with Gasteiger partial charge in [-0.3, -0.25) is 0 Å². The number of aliphatic hydroxyl groups excluding tert-OH is 1. The van der Waals surface area contributed by atoms with Gasteiger partial charge in [0.1, 0.15) is 17.6 Å². The second kappa shape index (κ2) is 6.02. The van der Waals surface area contributed by atoms with Gasteiger partial charge in [-0.05, 0) is 43.7 Å². The smallest absolute Gasteiger partial charge is 0.128 e. The largest absolute Gasteiger partial charge is 0.497 e. The second-order valence-electron chi connectivity index (χ2n) is 5.80. The zero-order valence-corrected chi connectivity index (χ0v) is 12.4. The highest BCUT2D eigenvalue weighted by Gasteiger charge is 2.40. The van der Waals surface area contributed by atoms with E-state index in [4.69, 9.17) is 9.47 Å². The van der Waals surface area contributed by atoms with E-state index in [1.165, 1.54) is 0 Å². The number of aliphatic hydroxyl groups is 2. The Morgan fingerprint density at radius 3 is 2.40 bits per heavy atom. The number of hydrogen-bond donors (Lipinski definition) is 2. The fourth-order valence-electron chi connectivity index (χ4n) is 2.87. The molecule has 0 saturated heterocycles. The van der Waals surface area contributed by atoms with Crippen LogP contribution < -0.4 is 9.47 Å². The van der Waals surface area contributed by atoms with Crippen molar-refractivity contribution in [3.63, 3.8) is 0 Å². The number of ether oxygens (including phenoxy) is 2. The third-order valence-corrected chi connectivity index (χ3v) is 4.38. The van der Waals surface area contributed by atoms with Gasteiger partial charge in [0, 0.05) is 11.6 Å². The molecule has 1 atom stereocenters. The summed E-state index contributed by atoms with van der Waals surface area (Å²) in [5.41, 5.74) is -0.445. The molecule has 1 aromatic carbocycles. The Hall–Kier alpha value is -1.26. The summed E-state index contributed by atoms with van der Waals surface area (Å²) >= 11 is 0. The van der Waals surface area contributed by atoms with Gasteiger partial charge in [0.2, 0.25) is 0 Å². The summed E-state index contributed by atoms with van der Waals surface area (Å²) in [6.07, 6.45) is 2.17. The predicted octanol–water partition coefficient (Wildman–Crippen LogP) is 2.68. The van der Waals surface area contributed by atoms with Crippen LogP contribution in [0, 0.1) is 5.92 Å². The van der Waals surface area contributed by atoms with Crippen molar-refractivity contribution in [1.82, 2.24) is 0 Å². The van der Waals surface area contributed by atoms with Crippen LogP contribution in [0.5, 0.6) is 11.5 Å². The van der Waals surface area contributed by atoms with E-state index in [2.05, 4.69) is 6.92 Å². The minimum Gasteiger partial charge on any atom is -0.497 e. The molecule has 0 amide bonds. The van der Waals surface area contributed by atoms with Crippen LogP contribution in [0.2, 0.25) is 0 Å². The topological polar surface area (TPSA) is 58.9 Å². The van der Waals surface area contributed by atoms with Crippen LogP contribution in [0.25, 0.3) is 0 Å². The predicted molar refractivity (Wildman–Crippen MR) is 77.1 cm³/mol. The Morgan fingerprint density at radius 2 is 1.85 bits per heavy atom. The van der Waals surface area contributed by atoms with Gasteiger partial charge < -0.3 is 19.7 Å². The van der Waals surface area contributed by atoms with Gasteiger partial charge in [0.25, 0.3) is 0 Å². The van der Waals surface area contributed by atoms with Gasteiger partial charge in [0.05, 0.1) is 19.8 Å². The Bertz CT molecular complexity index is 450. The van der Waals surface area contributed by atoms with Gasteiger partial charge >= 0.3 is 0 Å². The summed E-state index contributed by atoms with van der Waals surface area (Å²) in [7, 11) is 3.14. The molecule has 2 rings (SSSR count). The zero-order chi connectivity index (χ0) is 14.8. The monoisotopic (exact) mass is 280 g/mol. The standard InChI is InChI=1S/C16H24O4/c1-11-6-8-16(18,9-7-11)15(17)13-5-4-12(19-2)10-14(13)20-3/h4-5,10-11,15,17-18H,6-9H2,1-3H3. The fraction of sp³-hybridized carbons (Fsp3) is 0.625. The van der Waals surface area contributed by atoms with Crippen LogP contribution in [0.1, 0.15) is 44.3 Å². The van der Waals surface area contributed by atoms with E-state index in [1.807, 2.05) is 0 Å². The molecule has 1 saturated carbocycles. The molecule has 0 heterocycles. The first-order valence-corrected chi connectivity index (χ1v) is 7.12. The molecule has 20 heavy (non-hydrogen) atoms. The molecular weight excluding hydrogens is 256 g/mol. The van der Waals surface area contributed by atoms with Crippen LogP contribution in [0.3, 0.4) is 0 Å². The average molecular weight is 280 g/mol. The molecule has 1 unspecified atom stereocenters. The third-order valence-electron chi connectivity index (χ3n) is 4.38. The highest BCUT2D eigenvalue weighted by Crippen LogP contribution is 2.43. The Labute approximate surface area is 120 Å². The van der Waals surface area contributed by atoms with Crippen molar-refractivity contribution in [1.29, 1.82) is 0 Å². The van der Waals surface area contributed by atoms with Crippen molar-refractivity contribution in [2.75, 3.05) is 14.2 Å². The van der Waals surface area contributed by atoms with E-state index in [0.29, 0.717) is 35.8 Å². The summed E-state index contributed by atoms with van der Waals surface area (Å²) in [6.45, 7) is 2.18. The van der Waals surface area contributed by atoms with Gasteiger partial charge in [-0.2, -0.15) is 0 Å². The van der Waals surface area contributed by atoms with E-state index in [9.17, 15) is 10.2 Å². The highest BCUT2D eigenvalue weighted by molar-refractivity contribution is 5.43. The van der Waals surface area contributed by atoms with Crippen molar-refractivity contribution >= 4 is 0 Å². The Morgan fingerprint density at radius 1 is 1.20 bits per heavy atom. The maximum atomic E-state index is 10.7. The van der Waals surface area contributed by atoms with Crippen LogP contribution in [0.15, 0.2) is 18.2 Å². The van der Waals surface area contributed by atoms with Crippen molar-refractivity contribution in [2.24, 2.45) is 5.92 Å². The van der Waals surface area contributed by atoms with Gasteiger partial charge in [0.15, 0.2) is 0 Å². The molecule has 0 spiro atoms. The highest BCUT2D eigenvalue weighted by atomic mass is 16.5. The third kappa shape index (κ3) is 2.91. The number of rotatable bonds is 4. The first-order valence-electron chi connectivity index (χ1n) is 7.12. The molecule has 112 valence electrons. The molecular formula is C16H24O4. The molecule has 1 aliphatic carbocycles. The molecule has 1 aliphatic rings. The summed E-state index contributed by atoms with van der Waals surface area (Å²) in [5, 5.41) is 21.3. The average Bonchev–Trinajstić information content (AvgIpc) is 2.49. The normalized spacial score (nSPS) is 27.9. The molecule has 1 fully saturated rings. The van der Waals surface area contributed by atoms with E-state index in [-0.39, 0.29) is 0 Å². The first kappa shape index (κ1) is 15.1. The summed E-state index contributed by atoms with van der Waals surface area (Å²) in [5.74, 6) is 1.83. The van der Waals surface area contributed by atoms with Crippen molar-refractivity contribution in [3.05, 3.63) is 23.8 Å². The van der Waals surface area contributed by atoms with Crippen LogP contribution in [-0.4, -0.2) is 30.0 Å². The van der Waals surface area contributed by atoms with E-state index in [0.717, 1.165) is 12.8 Å². The Kier molecular flexibility index (Phi) is 4.55. The molecule has 2 N–H and O–H groups in total. The lowest BCUT2D eigenvalue weighted by Gasteiger charge is -2.39. The first-order chi connectivity index (χ1) is 9.50. The minimum atomic E-state index is -1.06. The SMILES string of the molecule is COc1ccc(C(O)C2(O)CCC(C)CC2)c(OC)c1. The lowest BCUT2D eigenvalue weighted by Crippen LogP contribution is -2.40. The number of benzene rings is 1. The molecule has 4 nitrogen and oxygen atoms in total. The summed E-state index contributed by atoms with van der Waals surface area (Å²) in [6, 6.07) is 5.27. The minimum absolute atomic E-state index is 0.545. The van der Waals surface area contributed by atoms with Crippen LogP contribution >= 0.6 is 0 Å². The molecule has 0 radical (unpaired) electrons. The molecule has 0 aromatic heterocycles. The number of hydrogen-bond acceptors (Lipinski definition) is 4. The lowest BCUT2D eigenvalue weighted by molar-refractivity contribution is -0.106. The maximum Gasteiger partial charge on any atom is 0.128 e.